The van der Waals surface area contributed by atoms with Crippen molar-refractivity contribution in [1.82, 2.24) is 10.3 Å². The zero-order valence-electron chi connectivity index (χ0n) is 9.73. The molecule has 2 heterocycles. The Morgan fingerprint density at radius 2 is 2.28 bits per heavy atom. The molecule has 0 spiro atoms. The minimum atomic E-state index is -0.234. The van der Waals surface area contributed by atoms with E-state index in [9.17, 15) is 4.39 Å². The summed E-state index contributed by atoms with van der Waals surface area (Å²) in [5.41, 5.74) is 1.25. The summed E-state index contributed by atoms with van der Waals surface area (Å²) >= 11 is 1.54. The minimum absolute atomic E-state index is 0.129. The lowest BCUT2D eigenvalue weighted by atomic mass is 10.1. The van der Waals surface area contributed by atoms with E-state index in [-0.39, 0.29) is 11.9 Å². The van der Waals surface area contributed by atoms with Crippen molar-refractivity contribution in [3.05, 3.63) is 40.5 Å². The highest BCUT2D eigenvalue weighted by molar-refractivity contribution is 7.10. The first kappa shape index (κ1) is 11.8. The maximum atomic E-state index is 13.7. The molecule has 0 radical (unpaired) electrons. The maximum Gasteiger partial charge on any atom is 0.132 e. The van der Waals surface area contributed by atoms with E-state index >= 15 is 0 Å². The Kier molecular flexibility index (Phi) is 3.36. The van der Waals surface area contributed by atoms with Gasteiger partial charge in [-0.05, 0) is 12.1 Å². The van der Waals surface area contributed by atoms with Crippen LogP contribution in [0.25, 0.3) is 11.3 Å². The summed E-state index contributed by atoms with van der Waals surface area (Å²) in [4.78, 5) is 4.50. The third-order valence-electron chi connectivity index (χ3n) is 2.89. The quantitative estimate of drug-likeness (QED) is 0.905. The third-order valence-corrected chi connectivity index (χ3v) is 3.85. The summed E-state index contributed by atoms with van der Waals surface area (Å²) in [7, 11) is 0. The SMILES string of the molecule is Fc1ccccc1-c1csc(C2COCCN2)n1. The zero-order valence-corrected chi connectivity index (χ0v) is 10.5. The molecule has 1 N–H and O–H groups in total. The smallest absolute Gasteiger partial charge is 0.132 e. The van der Waals surface area contributed by atoms with E-state index in [1.807, 2.05) is 11.4 Å². The van der Waals surface area contributed by atoms with Crippen molar-refractivity contribution in [3.63, 3.8) is 0 Å². The molecule has 1 fully saturated rings. The second-order valence-corrected chi connectivity index (χ2v) is 5.02. The molecular weight excluding hydrogens is 251 g/mol. The molecule has 1 saturated heterocycles. The van der Waals surface area contributed by atoms with Gasteiger partial charge in [0.15, 0.2) is 0 Å². The van der Waals surface area contributed by atoms with Crippen LogP contribution < -0.4 is 5.32 Å². The number of benzene rings is 1. The van der Waals surface area contributed by atoms with E-state index in [1.54, 1.807) is 12.1 Å². The van der Waals surface area contributed by atoms with Crippen LogP contribution in [0.15, 0.2) is 29.6 Å². The molecule has 0 bridgehead atoms. The molecule has 1 atom stereocenters. The molecule has 1 aromatic carbocycles. The average Bonchev–Trinajstić information content (AvgIpc) is 2.90. The van der Waals surface area contributed by atoms with E-state index in [4.69, 9.17) is 4.74 Å². The Labute approximate surface area is 109 Å². The molecular formula is C13H13FN2OS. The Balaban J connectivity index is 1.87. The van der Waals surface area contributed by atoms with Crippen LogP contribution in [0.1, 0.15) is 11.0 Å². The van der Waals surface area contributed by atoms with Gasteiger partial charge >= 0.3 is 0 Å². The molecule has 0 aliphatic carbocycles. The van der Waals surface area contributed by atoms with Gasteiger partial charge in [-0.15, -0.1) is 11.3 Å². The van der Waals surface area contributed by atoms with E-state index in [0.29, 0.717) is 17.9 Å². The van der Waals surface area contributed by atoms with Gasteiger partial charge in [-0.3, -0.25) is 0 Å². The first-order chi connectivity index (χ1) is 8.84. The number of thiazole rings is 1. The van der Waals surface area contributed by atoms with E-state index in [1.165, 1.54) is 17.4 Å². The third kappa shape index (κ3) is 2.29. The lowest BCUT2D eigenvalue weighted by Crippen LogP contribution is -2.34. The van der Waals surface area contributed by atoms with Crippen molar-refractivity contribution < 1.29 is 9.13 Å². The topological polar surface area (TPSA) is 34.1 Å². The van der Waals surface area contributed by atoms with Gasteiger partial charge in [0.2, 0.25) is 0 Å². The Morgan fingerprint density at radius 1 is 1.39 bits per heavy atom. The molecule has 1 aliphatic rings. The Morgan fingerprint density at radius 3 is 3.06 bits per heavy atom. The number of hydrogen-bond acceptors (Lipinski definition) is 4. The van der Waals surface area contributed by atoms with Gasteiger partial charge in [0.25, 0.3) is 0 Å². The predicted octanol–water partition coefficient (Wildman–Crippen LogP) is 2.61. The monoisotopic (exact) mass is 264 g/mol. The molecule has 1 aliphatic heterocycles. The van der Waals surface area contributed by atoms with Crippen LogP contribution in [-0.2, 0) is 4.74 Å². The zero-order chi connectivity index (χ0) is 12.4. The average molecular weight is 264 g/mol. The van der Waals surface area contributed by atoms with Crippen molar-refractivity contribution in [2.75, 3.05) is 19.8 Å². The van der Waals surface area contributed by atoms with E-state index in [0.717, 1.165) is 18.2 Å². The number of halogens is 1. The second kappa shape index (κ2) is 5.14. The summed E-state index contributed by atoms with van der Waals surface area (Å²) in [5, 5.41) is 6.19. The summed E-state index contributed by atoms with van der Waals surface area (Å²) in [5.74, 6) is -0.234. The van der Waals surface area contributed by atoms with E-state index in [2.05, 4.69) is 10.3 Å². The first-order valence-electron chi connectivity index (χ1n) is 5.86. The van der Waals surface area contributed by atoms with Crippen LogP contribution in [0.3, 0.4) is 0 Å². The van der Waals surface area contributed by atoms with Gasteiger partial charge in [0.1, 0.15) is 10.8 Å². The summed E-state index contributed by atoms with van der Waals surface area (Å²) in [6, 6.07) is 6.83. The number of nitrogens with zero attached hydrogens (tertiary/aromatic N) is 1. The lowest BCUT2D eigenvalue weighted by Gasteiger charge is -2.21. The van der Waals surface area contributed by atoms with Crippen molar-refractivity contribution in [3.8, 4) is 11.3 Å². The molecule has 1 aromatic heterocycles. The van der Waals surface area contributed by atoms with Crippen LogP contribution >= 0.6 is 11.3 Å². The molecule has 1 unspecified atom stereocenters. The van der Waals surface area contributed by atoms with Crippen LogP contribution in [-0.4, -0.2) is 24.7 Å². The fourth-order valence-electron chi connectivity index (χ4n) is 1.96. The van der Waals surface area contributed by atoms with Gasteiger partial charge < -0.3 is 10.1 Å². The number of hydrogen-bond donors (Lipinski definition) is 1. The van der Waals surface area contributed by atoms with Gasteiger partial charge in [0, 0.05) is 17.5 Å². The van der Waals surface area contributed by atoms with Crippen molar-refractivity contribution in [2.24, 2.45) is 0 Å². The fourth-order valence-corrected chi connectivity index (χ4v) is 2.84. The Hall–Kier alpha value is -1.30. The van der Waals surface area contributed by atoms with Gasteiger partial charge in [-0.1, -0.05) is 12.1 Å². The number of nitrogens with one attached hydrogen (secondary N) is 1. The van der Waals surface area contributed by atoms with E-state index < -0.39 is 0 Å². The number of morpholine rings is 1. The Bertz CT molecular complexity index is 537. The molecule has 5 heteroatoms. The molecule has 94 valence electrons. The van der Waals surface area contributed by atoms with Crippen molar-refractivity contribution in [1.29, 1.82) is 0 Å². The molecule has 2 aromatic rings. The second-order valence-electron chi connectivity index (χ2n) is 4.13. The highest BCUT2D eigenvalue weighted by atomic mass is 32.1. The number of aromatic nitrogens is 1. The first-order valence-corrected chi connectivity index (χ1v) is 6.74. The fraction of sp³-hybridized carbons (Fsp3) is 0.308. The molecule has 3 rings (SSSR count). The molecule has 18 heavy (non-hydrogen) atoms. The van der Waals surface area contributed by atoms with Crippen LogP contribution in [0, 0.1) is 5.82 Å². The van der Waals surface area contributed by atoms with Gasteiger partial charge in [0.05, 0.1) is 24.9 Å². The molecule has 0 saturated carbocycles. The van der Waals surface area contributed by atoms with Gasteiger partial charge in [-0.2, -0.15) is 0 Å². The van der Waals surface area contributed by atoms with Crippen LogP contribution in [0.2, 0.25) is 0 Å². The number of rotatable bonds is 2. The standard InChI is InChI=1S/C13H13FN2OS/c14-10-4-2-1-3-9(10)12-8-18-13(16-12)11-7-17-6-5-15-11/h1-4,8,11,15H,5-7H2. The lowest BCUT2D eigenvalue weighted by molar-refractivity contribution is 0.0768. The van der Waals surface area contributed by atoms with Crippen molar-refractivity contribution in [2.45, 2.75) is 6.04 Å². The summed E-state index contributed by atoms with van der Waals surface area (Å²) in [6.45, 7) is 2.20. The summed E-state index contributed by atoms with van der Waals surface area (Å²) in [6.07, 6.45) is 0. The van der Waals surface area contributed by atoms with Crippen molar-refractivity contribution >= 4 is 11.3 Å². The number of ether oxygens (including phenoxy) is 1. The minimum Gasteiger partial charge on any atom is -0.378 e. The predicted molar refractivity (Wildman–Crippen MR) is 69.1 cm³/mol. The highest BCUT2D eigenvalue weighted by Gasteiger charge is 2.19. The maximum absolute atomic E-state index is 13.7. The normalized spacial score (nSPS) is 19.9. The molecule has 0 amide bonds. The van der Waals surface area contributed by atoms with Crippen LogP contribution in [0.4, 0.5) is 4.39 Å². The van der Waals surface area contributed by atoms with Gasteiger partial charge in [-0.25, -0.2) is 9.37 Å². The largest absolute Gasteiger partial charge is 0.378 e. The highest BCUT2D eigenvalue weighted by Crippen LogP contribution is 2.27. The summed E-state index contributed by atoms with van der Waals surface area (Å²) < 4.78 is 19.1. The van der Waals surface area contributed by atoms with Crippen LogP contribution in [0.5, 0.6) is 0 Å². The molecule has 3 nitrogen and oxygen atoms in total.